The van der Waals surface area contributed by atoms with E-state index < -0.39 is 23.7 Å². The highest BCUT2D eigenvalue weighted by atomic mass is 16.9. The lowest BCUT2D eigenvalue weighted by molar-refractivity contribution is -0.757. The number of nitrogens with zero attached hydrogens (tertiary/aromatic N) is 1. The van der Waals surface area contributed by atoms with E-state index in [1.54, 1.807) is 24.3 Å². The van der Waals surface area contributed by atoms with Crippen LogP contribution in [-0.2, 0) is 16.1 Å². The molecule has 8 nitrogen and oxygen atoms in total. The molecular weight excluding hydrogens is 268 g/mol. The fourth-order valence-electron chi connectivity index (χ4n) is 1.45. The number of benzene rings is 1. The Morgan fingerprint density at radius 1 is 1.50 bits per heavy atom. The first-order valence-electron chi connectivity index (χ1n) is 5.97. The van der Waals surface area contributed by atoms with E-state index in [1.165, 1.54) is 0 Å². The average Bonchev–Trinajstić information content (AvgIpc) is 2.43. The molecule has 8 heteroatoms. The van der Waals surface area contributed by atoms with Crippen molar-refractivity contribution in [2.24, 2.45) is 5.73 Å². The predicted molar refractivity (Wildman–Crippen MR) is 68.4 cm³/mol. The zero-order chi connectivity index (χ0) is 15.0. The molecule has 0 aliphatic heterocycles. The van der Waals surface area contributed by atoms with Gasteiger partial charge in [-0.3, -0.25) is 0 Å². The second kappa shape index (κ2) is 8.08. The Balaban J connectivity index is 2.49. The normalized spacial score (nSPS) is 11.7. The van der Waals surface area contributed by atoms with Crippen LogP contribution in [0.4, 0.5) is 0 Å². The Morgan fingerprint density at radius 2 is 2.25 bits per heavy atom. The maximum Gasteiger partial charge on any atom is 0.330 e. The quantitative estimate of drug-likeness (QED) is 0.227. The molecule has 1 aromatic rings. The van der Waals surface area contributed by atoms with Crippen molar-refractivity contribution in [1.29, 1.82) is 0 Å². The maximum atomic E-state index is 11.4. The van der Waals surface area contributed by atoms with Crippen molar-refractivity contribution >= 4 is 5.97 Å². The van der Waals surface area contributed by atoms with E-state index in [0.29, 0.717) is 18.6 Å². The molecule has 0 aromatic heterocycles. The van der Waals surface area contributed by atoms with Crippen LogP contribution in [0.5, 0.6) is 5.75 Å². The minimum atomic E-state index is -1.08. The number of nitrogens with two attached hydrogens (primary N) is 1. The Morgan fingerprint density at radius 3 is 2.90 bits per heavy atom. The highest BCUT2D eigenvalue weighted by Crippen LogP contribution is 2.15. The molecule has 1 aromatic carbocycles. The number of ether oxygens (including phenoxy) is 1. The van der Waals surface area contributed by atoms with E-state index in [4.69, 9.17) is 15.6 Å². The van der Waals surface area contributed by atoms with Crippen LogP contribution in [-0.4, -0.2) is 35.4 Å². The highest BCUT2D eigenvalue weighted by molar-refractivity contribution is 5.78. The second-order valence-corrected chi connectivity index (χ2v) is 4.02. The third-order valence-corrected chi connectivity index (χ3v) is 2.42. The van der Waals surface area contributed by atoms with Crippen LogP contribution in [0.15, 0.2) is 24.3 Å². The van der Waals surface area contributed by atoms with E-state index in [9.17, 15) is 14.9 Å². The van der Waals surface area contributed by atoms with Crippen molar-refractivity contribution < 1.29 is 24.6 Å². The summed E-state index contributed by atoms with van der Waals surface area (Å²) in [6.45, 7) is -0.483. The van der Waals surface area contributed by atoms with Crippen LogP contribution in [0.2, 0.25) is 0 Å². The van der Waals surface area contributed by atoms with Gasteiger partial charge in [0.2, 0.25) is 0 Å². The summed E-state index contributed by atoms with van der Waals surface area (Å²) in [7, 11) is 0. The summed E-state index contributed by atoms with van der Waals surface area (Å²) in [5, 5.41) is 17.9. The van der Waals surface area contributed by atoms with Gasteiger partial charge in [0, 0.05) is 0 Å². The van der Waals surface area contributed by atoms with Crippen LogP contribution < -0.4 is 10.5 Å². The van der Waals surface area contributed by atoms with Gasteiger partial charge >= 0.3 is 5.97 Å². The van der Waals surface area contributed by atoms with Crippen molar-refractivity contribution in [3.05, 3.63) is 39.9 Å². The number of carbonyl (C=O) groups is 1. The van der Waals surface area contributed by atoms with Crippen molar-refractivity contribution in [3.8, 4) is 5.75 Å². The van der Waals surface area contributed by atoms with Crippen LogP contribution >= 0.6 is 0 Å². The lowest BCUT2D eigenvalue weighted by atomic mass is 10.1. The fourth-order valence-corrected chi connectivity index (χ4v) is 1.45. The van der Waals surface area contributed by atoms with Crippen LogP contribution in [0, 0.1) is 10.1 Å². The summed E-state index contributed by atoms with van der Waals surface area (Å²) in [6, 6.07) is 5.63. The number of aryl methyl sites for hydroxylation is 1. The molecule has 0 saturated carbocycles. The zero-order valence-corrected chi connectivity index (χ0v) is 10.7. The molecule has 0 heterocycles. The molecule has 0 amide bonds. The molecule has 0 saturated heterocycles. The van der Waals surface area contributed by atoms with Gasteiger partial charge < -0.3 is 20.4 Å². The van der Waals surface area contributed by atoms with E-state index in [-0.39, 0.29) is 6.61 Å². The fraction of sp³-hybridized carbons (Fsp3) is 0.417. The third kappa shape index (κ3) is 5.63. The molecule has 0 aliphatic rings. The standard InChI is InChI=1S/C12H16N2O6/c13-11(8-15)12(16)20-10-5-1-3-9(7-10)4-2-6-19-14(17)18/h1,3,5,7,11,15H,2,4,6,8,13H2. The summed E-state index contributed by atoms with van der Waals surface area (Å²) in [6.07, 6.45) is 1.01. The van der Waals surface area contributed by atoms with E-state index >= 15 is 0 Å². The number of hydrogen-bond donors (Lipinski definition) is 2. The Hall–Kier alpha value is -2.19. The van der Waals surface area contributed by atoms with Gasteiger partial charge in [-0.2, -0.15) is 0 Å². The van der Waals surface area contributed by atoms with Gasteiger partial charge in [0.25, 0.3) is 5.09 Å². The number of aliphatic hydroxyl groups excluding tert-OH is 1. The first-order chi connectivity index (χ1) is 9.52. The Kier molecular flexibility index (Phi) is 6.41. The van der Waals surface area contributed by atoms with Gasteiger partial charge in [0.15, 0.2) is 0 Å². The van der Waals surface area contributed by atoms with Gasteiger partial charge in [-0.05, 0) is 30.5 Å². The topological polar surface area (TPSA) is 125 Å². The van der Waals surface area contributed by atoms with Gasteiger partial charge in [-0.1, -0.05) is 12.1 Å². The number of carbonyl (C=O) groups excluding carboxylic acids is 1. The van der Waals surface area contributed by atoms with Crippen LogP contribution in [0.1, 0.15) is 12.0 Å². The largest absolute Gasteiger partial charge is 0.425 e. The molecule has 0 aliphatic carbocycles. The van der Waals surface area contributed by atoms with Crippen LogP contribution in [0.3, 0.4) is 0 Å². The highest BCUT2D eigenvalue weighted by Gasteiger charge is 2.14. The smallest absolute Gasteiger partial charge is 0.330 e. The minimum Gasteiger partial charge on any atom is -0.425 e. The summed E-state index contributed by atoms with van der Waals surface area (Å²) in [4.78, 5) is 25.6. The second-order valence-electron chi connectivity index (χ2n) is 4.02. The third-order valence-electron chi connectivity index (χ3n) is 2.42. The minimum absolute atomic E-state index is 0.00635. The van der Waals surface area contributed by atoms with Gasteiger partial charge in [0.1, 0.15) is 11.8 Å². The molecule has 110 valence electrons. The summed E-state index contributed by atoms with van der Waals surface area (Å²) < 4.78 is 4.99. The summed E-state index contributed by atoms with van der Waals surface area (Å²) >= 11 is 0. The van der Waals surface area contributed by atoms with Gasteiger partial charge in [0.05, 0.1) is 13.2 Å². The molecule has 0 bridgehead atoms. The monoisotopic (exact) mass is 284 g/mol. The Labute approximate surface area is 115 Å². The number of hydrogen-bond acceptors (Lipinski definition) is 7. The predicted octanol–water partition coefficient (Wildman–Crippen LogP) is 0.0525. The first kappa shape index (κ1) is 15.9. The number of esters is 1. The lowest BCUT2D eigenvalue weighted by Gasteiger charge is -2.09. The molecule has 0 radical (unpaired) electrons. The molecular formula is C12H16N2O6. The number of aliphatic hydroxyl groups is 1. The molecule has 1 unspecified atom stereocenters. The Bertz CT molecular complexity index is 465. The first-order valence-corrected chi connectivity index (χ1v) is 5.97. The average molecular weight is 284 g/mol. The number of rotatable bonds is 8. The van der Waals surface area contributed by atoms with Crippen molar-refractivity contribution in [2.75, 3.05) is 13.2 Å². The molecule has 1 rings (SSSR count). The maximum absolute atomic E-state index is 11.4. The summed E-state index contributed by atoms with van der Waals surface area (Å²) in [5.74, 6) is -0.409. The molecule has 3 N–H and O–H groups in total. The SMILES string of the molecule is NC(CO)C(=O)Oc1cccc(CCCO[N+](=O)[O-])c1. The molecule has 0 fully saturated rings. The van der Waals surface area contributed by atoms with E-state index in [2.05, 4.69) is 4.84 Å². The van der Waals surface area contributed by atoms with Crippen molar-refractivity contribution in [3.63, 3.8) is 0 Å². The van der Waals surface area contributed by atoms with Crippen LogP contribution in [0.25, 0.3) is 0 Å². The molecule has 1 atom stereocenters. The van der Waals surface area contributed by atoms with E-state index in [0.717, 1.165) is 5.56 Å². The van der Waals surface area contributed by atoms with Crippen molar-refractivity contribution in [1.82, 2.24) is 0 Å². The van der Waals surface area contributed by atoms with Gasteiger partial charge in [-0.25, -0.2) is 4.79 Å². The lowest BCUT2D eigenvalue weighted by Crippen LogP contribution is -2.37. The van der Waals surface area contributed by atoms with E-state index in [1.807, 2.05) is 0 Å². The zero-order valence-electron chi connectivity index (χ0n) is 10.7. The molecule has 0 spiro atoms. The molecule has 20 heavy (non-hydrogen) atoms. The van der Waals surface area contributed by atoms with Gasteiger partial charge in [-0.15, -0.1) is 10.1 Å². The van der Waals surface area contributed by atoms with Crippen molar-refractivity contribution in [2.45, 2.75) is 18.9 Å². The summed E-state index contributed by atoms with van der Waals surface area (Å²) in [5.41, 5.74) is 6.17.